The second kappa shape index (κ2) is 7.41. The topological polar surface area (TPSA) is 52.6 Å². The van der Waals surface area contributed by atoms with E-state index in [1.807, 2.05) is 0 Å². The Kier molecular flexibility index (Phi) is 6.53. The average molecular weight is 311 g/mol. The molecule has 0 fully saturated rings. The summed E-state index contributed by atoms with van der Waals surface area (Å²) >= 11 is 6.02. The second-order valence-electron chi connectivity index (χ2n) is 3.28. The highest BCUT2D eigenvalue weighted by Crippen LogP contribution is 2.56. The van der Waals surface area contributed by atoms with Crippen molar-refractivity contribution in [3.63, 3.8) is 0 Å². The van der Waals surface area contributed by atoms with Crippen molar-refractivity contribution < 1.29 is 17.8 Å². The number of halogens is 1. The monoisotopic (exact) mass is 310 g/mol. The van der Waals surface area contributed by atoms with Crippen LogP contribution in [0.5, 0.6) is 0 Å². The number of alkyl halides is 1. The van der Waals surface area contributed by atoms with E-state index in [1.165, 1.54) is 0 Å². The minimum atomic E-state index is -3.57. The standard InChI is InChI=1S/C11H16ClO4PS/c1-3-15-17(13,16-4-2)11(12)18(14)10-8-6-5-7-9-10/h5-9,11H,3-4H2,1-2H3. The molecule has 0 bridgehead atoms. The highest BCUT2D eigenvalue weighted by molar-refractivity contribution is 7.95. The van der Waals surface area contributed by atoms with Gasteiger partial charge in [-0.1, -0.05) is 29.8 Å². The predicted molar refractivity (Wildman–Crippen MR) is 73.3 cm³/mol. The summed E-state index contributed by atoms with van der Waals surface area (Å²) in [5.41, 5.74) is 0. The minimum Gasteiger partial charge on any atom is -0.307 e. The molecular weight excluding hydrogens is 295 g/mol. The van der Waals surface area contributed by atoms with Crippen molar-refractivity contribution in [3.05, 3.63) is 30.3 Å². The van der Waals surface area contributed by atoms with Crippen LogP contribution in [0.25, 0.3) is 0 Å². The van der Waals surface area contributed by atoms with E-state index < -0.39 is 22.8 Å². The van der Waals surface area contributed by atoms with E-state index in [0.29, 0.717) is 4.90 Å². The fraction of sp³-hybridized carbons (Fsp3) is 0.455. The minimum absolute atomic E-state index is 0.187. The zero-order valence-electron chi connectivity index (χ0n) is 10.2. The molecule has 1 aromatic rings. The Bertz CT molecular complexity index is 430. The summed E-state index contributed by atoms with van der Waals surface area (Å²) in [6.45, 7) is 3.74. The fourth-order valence-electron chi connectivity index (χ4n) is 1.30. The van der Waals surface area contributed by atoms with Gasteiger partial charge in [-0.3, -0.25) is 8.77 Å². The van der Waals surface area contributed by atoms with Gasteiger partial charge in [0.15, 0.2) is 0 Å². The summed E-state index contributed by atoms with van der Waals surface area (Å²) in [4.78, 5) is 0.497. The highest BCUT2D eigenvalue weighted by atomic mass is 35.5. The summed E-state index contributed by atoms with van der Waals surface area (Å²) in [6.07, 6.45) is 0. The Hall–Kier alpha value is -0.190. The van der Waals surface area contributed by atoms with E-state index in [0.717, 1.165) is 0 Å². The van der Waals surface area contributed by atoms with Crippen molar-refractivity contribution >= 4 is 30.0 Å². The molecule has 7 heteroatoms. The van der Waals surface area contributed by atoms with Gasteiger partial charge in [-0.2, -0.15) is 0 Å². The largest absolute Gasteiger partial charge is 0.361 e. The first-order valence-corrected chi connectivity index (χ1v) is 8.79. The van der Waals surface area contributed by atoms with Gasteiger partial charge < -0.3 is 9.05 Å². The molecule has 0 radical (unpaired) electrons. The van der Waals surface area contributed by atoms with Gasteiger partial charge in [-0.05, 0) is 26.0 Å². The smallest absolute Gasteiger partial charge is 0.307 e. The molecule has 0 saturated carbocycles. The van der Waals surface area contributed by atoms with Crippen LogP contribution in [0.2, 0.25) is 0 Å². The van der Waals surface area contributed by atoms with Crippen LogP contribution in [-0.2, 0) is 24.4 Å². The molecule has 0 aliphatic carbocycles. The maximum absolute atomic E-state index is 12.4. The van der Waals surface area contributed by atoms with Crippen LogP contribution >= 0.6 is 19.2 Å². The van der Waals surface area contributed by atoms with Gasteiger partial charge in [-0.25, -0.2) is 0 Å². The number of benzene rings is 1. The summed E-state index contributed by atoms with van der Waals surface area (Å²) in [6, 6.07) is 8.60. The quantitative estimate of drug-likeness (QED) is 0.570. The van der Waals surface area contributed by atoms with Crippen LogP contribution in [0.15, 0.2) is 35.2 Å². The lowest BCUT2D eigenvalue weighted by atomic mass is 10.4. The maximum atomic E-state index is 12.4. The predicted octanol–water partition coefficient (Wildman–Crippen LogP) is 3.58. The first kappa shape index (κ1) is 15.9. The Morgan fingerprint density at radius 2 is 1.72 bits per heavy atom. The summed E-state index contributed by atoms with van der Waals surface area (Å²) in [5, 5.41) is 0. The fourth-order valence-corrected chi connectivity index (χ4v) is 5.29. The van der Waals surface area contributed by atoms with Crippen molar-refractivity contribution in [2.75, 3.05) is 13.2 Å². The Balaban J connectivity index is 2.93. The van der Waals surface area contributed by atoms with Crippen LogP contribution in [0, 0.1) is 0 Å². The Morgan fingerprint density at radius 3 is 2.17 bits per heavy atom. The first-order chi connectivity index (χ1) is 8.55. The molecular formula is C11H16ClO4PS. The first-order valence-electron chi connectivity index (χ1n) is 5.53. The molecule has 102 valence electrons. The Labute approximate surface area is 115 Å². The molecule has 0 amide bonds. The number of hydrogen-bond acceptors (Lipinski definition) is 4. The third-order valence-electron chi connectivity index (χ3n) is 2.02. The average Bonchev–Trinajstić information content (AvgIpc) is 2.38. The lowest BCUT2D eigenvalue weighted by Crippen LogP contribution is -2.13. The zero-order chi connectivity index (χ0) is 13.6. The lowest BCUT2D eigenvalue weighted by Gasteiger charge is -2.21. The van der Waals surface area contributed by atoms with E-state index in [4.69, 9.17) is 20.6 Å². The maximum Gasteiger partial charge on any atom is 0.361 e. The van der Waals surface area contributed by atoms with E-state index in [-0.39, 0.29) is 13.2 Å². The van der Waals surface area contributed by atoms with E-state index in [1.54, 1.807) is 44.2 Å². The highest BCUT2D eigenvalue weighted by Gasteiger charge is 2.39. The third kappa shape index (κ3) is 3.90. The van der Waals surface area contributed by atoms with Gasteiger partial charge in [0.05, 0.1) is 24.0 Å². The van der Waals surface area contributed by atoms with Gasteiger partial charge in [0.2, 0.25) is 4.45 Å². The SMILES string of the molecule is CCOP(=O)(OCC)C(Cl)S(=O)c1ccccc1. The molecule has 1 rings (SSSR count). The molecule has 0 spiro atoms. The van der Waals surface area contributed by atoms with Gasteiger partial charge in [0.25, 0.3) is 0 Å². The zero-order valence-corrected chi connectivity index (χ0v) is 12.7. The van der Waals surface area contributed by atoms with Crippen LogP contribution in [-0.4, -0.2) is 21.9 Å². The molecule has 2 unspecified atom stereocenters. The summed E-state index contributed by atoms with van der Waals surface area (Å²) in [5.74, 6) is 0. The molecule has 2 atom stereocenters. The van der Waals surface area contributed by atoms with Crippen molar-refractivity contribution in [1.29, 1.82) is 0 Å². The molecule has 0 aromatic heterocycles. The molecule has 0 saturated heterocycles. The second-order valence-corrected chi connectivity index (χ2v) is 8.28. The van der Waals surface area contributed by atoms with Crippen LogP contribution in [0.1, 0.15) is 13.8 Å². The van der Waals surface area contributed by atoms with Gasteiger partial charge in [0.1, 0.15) is 0 Å². The van der Waals surface area contributed by atoms with E-state index >= 15 is 0 Å². The third-order valence-corrected chi connectivity index (χ3v) is 7.39. The van der Waals surface area contributed by atoms with E-state index in [9.17, 15) is 8.77 Å². The normalized spacial score (nSPS) is 15.3. The molecule has 4 nitrogen and oxygen atoms in total. The van der Waals surface area contributed by atoms with E-state index in [2.05, 4.69) is 0 Å². The van der Waals surface area contributed by atoms with Crippen molar-refractivity contribution in [1.82, 2.24) is 0 Å². The van der Waals surface area contributed by atoms with Crippen molar-refractivity contribution in [2.24, 2.45) is 0 Å². The van der Waals surface area contributed by atoms with Crippen molar-refractivity contribution in [2.45, 2.75) is 23.2 Å². The van der Waals surface area contributed by atoms with Crippen LogP contribution < -0.4 is 0 Å². The molecule has 0 heterocycles. The van der Waals surface area contributed by atoms with Crippen molar-refractivity contribution in [3.8, 4) is 0 Å². The summed E-state index contributed by atoms with van der Waals surface area (Å²) < 4.78 is 33.5. The number of hydrogen-bond donors (Lipinski definition) is 0. The van der Waals surface area contributed by atoms with Gasteiger partial charge >= 0.3 is 7.60 Å². The molecule has 0 N–H and O–H groups in total. The molecule has 1 aromatic carbocycles. The summed E-state index contributed by atoms with van der Waals surface area (Å²) in [7, 11) is -5.21. The number of rotatable bonds is 7. The Morgan fingerprint density at radius 1 is 1.22 bits per heavy atom. The molecule has 0 aliphatic rings. The van der Waals surface area contributed by atoms with Gasteiger partial charge in [0, 0.05) is 4.90 Å². The van der Waals surface area contributed by atoms with Gasteiger partial charge in [-0.15, -0.1) is 0 Å². The molecule has 18 heavy (non-hydrogen) atoms. The molecule has 0 aliphatic heterocycles. The van der Waals surface area contributed by atoms with Crippen LogP contribution in [0.4, 0.5) is 0 Å². The lowest BCUT2D eigenvalue weighted by molar-refractivity contribution is 0.222. The van der Waals surface area contributed by atoms with Crippen LogP contribution in [0.3, 0.4) is 0 Å².